The lowest BCUT2D eigenvalue weighted by molar-refractivity contribution is -0.135. The first-order chi connectivity index (χ1) is 12.7. The van der Waals surface area contributed by atoms with Crippen molar-refractivity contribution in [3.05, 3.63) is 47.5 Å². The molecule has 0 heterocycles. The quantitative estimate of drug-likeness (QED) is 0.756. The standard InChI is InChI=1S/C21H26N2O4/c1-13-8-7-9-16(14(13)2)22-19(24)21(3,4)20(25)23-17-11-10-15(26-5)12-18(17)27-6/h7-12H,1-6H3,(H,22,24)(H,23,25). The van der Waals surface area contributed by atoms with E-state index in [1.54, 1.807) is 39.2 Å². The zero-order valence-corrected chi connectivity index (χ0v) is 16.6. The molecule has 0 fully saturated rings. The summed E-state index contributed by atoms with van der Waals surface area (Å²) in [5, 5.41) is 5.62. The molecule has 0 bridgehead atoms. The Hall–Kier alpha value is -3.02. The van der Waals surface area contributed by atoms with Gasteiger partial charge in [0.1, 0.15) is 16.9 Å². The highest BCUT2D eigenvalue weighted by atomic mass is 16.5. The summed E-state index contributed by atoms with van der Waals surface area (Å²) >= 11 is 0. The van der Waals surface area contributed by atoms with E-state index in [0.717, 1.165) is 11.1 Å². The number of amides is 2. The minimum Gasteiger partial charge on any atom is -0.497 e. The number of hydrogen-bond acceptors (Lipinski definition) is 4. The molecule has 0 saturated carbocycles. The second-order valence-electron chi connectivity index (χ2n) is 6.85. The molecule has 144 valence electrons. The van der Waals surface area contributed by atoms with Gasteiger partial charge in [0.2, 0.25) is 11.8 Å². The van der Waals surface area contributed by atoms with Crippen LogP contribution in [0.25, 0.3) is 0 Å². The number of carbonyl (C=O) groups is 2. The lowest BCUT2D eigenvalue weighted by atomic mass is 9.90. The molecule has 0 aliphatic rings. The number of nitrogens with one attached hydrogen (secondary N) is 2. The molecule has 2 rings (SSSR count). The second kappa shape index (κ2) is 8.12. The third kappa shape index (κ3) is 4.39. The Labute approximate surface area is 159 Å². The monoisotopic (exact) mass is 370 g/mol. The smallest absolute Gasteiger partial charge is 0.239 e. The zero-order valence-electron chi connectivity index (χ0n) is 16.6. The summed E-state index contributed by atoms with van der Waals surface area (Å²) in [5.41, 5.74) is 1.91. The number of aryl methyl sites for hydroxylation is 1. The van der Waals surface area contributed by atoms with Gasteiger partial charge in [-0.1, -0.05) is 12.1 Å². The number of methoxy groups -OCH3 is 2. The summed E-state index contributed by atoms with van der Waals surface area (Å²) in [7, 11) is 3.05. The van der Waals surface area contributed by atoms with Gasteiger partial charge in [-0.25, -0.2) is 0 Å². The lowest BCUT2D eigenvalue weighted by Gasteiger charge is -2.24. The molecule has 2 N–H and O–H groups in total. The van der Waals surface area contributed by atoms with Crippen LogP contribution in [0, 0.1) is 19.3 Å². The topological polar surface area (TPSA) is 76.7 Å². The normalized spacial score (nSPS) is 10.9. The van der Waals surface area contributed by atoms with Crippen molar-refractivity contribution in [2.24, 2.45) is 5.41 Å². The highest BCUT2D eigenvalue weighted by molar-refractivity contribution is 6.14. The van der Waals surface area contributed by atoms with Crippen molar-refractivity contribution in [2.75, 3.05) is 24.9 Å². The van der Waals surface area contributed by atoms with Crippen LogP contribution in [0.2, 0.25) is 0 Å². The van der Waals surface area contributed by atoms with Crippen LogP contribution < -0.4 is 20.1 Å². The lowest BCUT2D eigenvalue weighted by Crippen LogP contribution is -2.41. The van der Waals surface area contributed by atoms with Crippen LogP contribution in [-0.2, 0) is 9.59 Å². The Morgan fingerprint density at radius 3 is 2.11 bits per heavy atom. The van der Waals surface area contributed by atoms with Gasteiger partial charge in [-0.05, 0) is 57.0 Å². The molecular weight excluding hydrogens is 344 g/mol. The maximum Gasteiger partial charge on any atom is 0.239 e. The van der Waals surface area contributed by atoms with Crippen LogP contribution in [-0.4, -0.2) is 26.0 Å². The molecule has 0 aliphatic heterocycles. The number of hydrogen-bond donors (Lipinski definition) is 2. The third-order valence-electron chi connectivity index (χ3n) is 4.65. The van der Waals surface area contributed by atoms with Crippen LogP contribution >= 0.6 is 0 Å². The summed E-state index contributed by atoms with van der Waals surface area (Å²) in [6.07, 6.45) is 0. The molecule has 0 saturated heterocycles. The van der Waals surface area contributed by atoms with Crippen molar-refractivity contribution in [1.82, 2.24) is 0 Å². The van der Waals surface area contributed by atoms with Crippen molar-refractivity contribution >= 4 is 23.2 Å². The van der Waals surface area contributed by atoms with Crippen LogP contribution in [0.4, 0.5) is 11.4 Å². The van der Waals surface area contributed by atoms with Crippen LogP contribution in [0.5, 0.6) is 11.5 Å². The third-order valence-corrected chi connectivity index (χ3v) is 4.65. The van der Waals surface area contributed by atoms with Gasteiger partial charge in [0.25, 0.3) is 0 Å². The van der Waals surface area contributed by atoms with E-state index in [-0.39, 0.29) is 5.91 Å². The van der Waals surface area contributed by atoms with Crippen molar-refractivity contribution in [3.63, 3.8) is 0 Å². The zero-order chi connectivity index (χ0) is 20.2. The van der Waals surface area contributed by atoms with E-state index in [2.05, 4.69) is 10.6 Å². The summed E-state index contributed by atoms with van der Waals surface area (Å²) in [5.74, 6) is 0.236. The number of benzene rings is 2. The molecule has 6 nitrogen and oxygen atoms in total. The largest absolute Gasteiger partial charge is 0.497 e. The SMILES string of the molecule is COc1ccc(NC(=O)C(C)(C)C(=O)Nc2cccc(C)c2C)c(OC)c1. The minimum atomic E-state index is -1.29. The van der Waals surface area contributed by atoms with Gasteiger partial charge in [0.05, 0.1) is 19.9 Å². The molecule has 27 heavy (non-hydrogen) atoms. The molecule has 0 unspecified atom stereocenters. The fraction of sp³-hybridized carbons (Fsp3) is 0.333. The number of anilines is 2. The van der Waals surface area contributed by atoms with Crippen molar-refractivity contribution < 1.29 is 19.1 Å². The summed E-state index contributed by atoms with van der Waals surface area (Å²) in [4.78, 5) is 25.5. The maximum atomic E-state index is 12.8. The molecule has 6 heteroatoms. The molecular formula is C21H26N2O4. The van der Waals surface area contributed by atoms with Crippen LogP contribution in [0.3, 0.4) is 0 Å². The molecule has 0 aromatic heterocycles. The van der Waals surface area contributed by atoms with Gasteiger partial charge in [0, 0.05) is 11.8 Å². The van der Waals surface area contributed by atoms with E-state index in [4.69, 9.17) is 9.47 Å². The highest BCUT2D eigenvalue weighted by Crippen LogP contribution is 2.31. The molecule has 0 radical (unpaired) electrons. The summed E-state index contributed by atoms with van der Waals surface area (Å²) in [6, 6.07) is 10.7. The van der Waals surface area contributed by atoms with Crippen molar-refractivity contribution in [2.45, 2.75) is 27.7 Å². The summed E-state index contributed by atoms with van der Waals surface area (Å²) < 4.78 is 10.4. The van der Waals surface area contributed by atoms with E-state index < -0.39 is 11.3 Å². The Bertz CT molecular complexity index is 859. The molecule has 0 atom stereocenters. The predicted molar refractivity (Wildman–Crippen MR) is 107 cm³/mol. The Kier molecular flexibility index (Phi) is 6.10. The van der Waals surface area contributed by atoms with Crippen LogP contribution in [0.1, 0.15) is 25.0 Å². The number of rotatable bonds is 6. The summed E-state index contributed by atoms with van der Waals surface area (Å²) in [6.45, 7) is 7.07. The van der Waals surface area contributed by atoms with E-state index >= 15 is 0 Å². The van der Waals surface area contributed by atoms with Gasteiger partial charge in [-0.3, -0.25) is 9.59 Å². The van der Waals surface area contributed by atoms with Gasteiger partial charge in [-0.2, -0.15) is 0 Å². The average Bonchev–Trinajstić information content (AvgIpc) is 2.65. The Balaban J connectivity index is 2.19. The van der Waals surface area contributed by atoms with E-state index in [1.165, 1.54) is 7.11 Å². The molecule has 2 aromatic carbocycles. The maximum absolute atomic E-state index is 12.8. The van der Waals surface area contributed by atoms with Crippen molar-refractivity contribution in [3.8, 4) is 11.5 Å². The molecule has 0 spiro atoms. The molecule has 2 amide bonds. The van der Waals surface area contributed by atoms with E-state index in [0.29, 0.717) is 22.9 Å². The number of carbonyl (C=O) groups excluding carboxylic acids is 2. The fourth-order valence-electron chi connectivity index (χ4n) is 2.45. The fourth-order valence-corrected chi connectivity index (χ4v) is 2.45. The average molecular weight is 370 g/mol. The minimum absolute atomic E-state index is 0.388. The van der Waals surface area contributed by atoms with Gasteiger partial charge >= 0.3 is 0 Å². The van der Waals surface area contributed by atoms with Gasteiger partial charge in [-0.15, -0.1) is 0 Å². The first-order valence-electron chi connectivity index (χ1n) is 8.62. The molecule has 2 aromatic rings. The Morgan fingerprint density at radius 2 is 1.52 bits per heavy atom. The van der Waals surface area contributed by atoms with Crippen LogP contribution in [0.15, 0.2) is 36.4 Å². The number of ether oxygens (including phenoxy) is 2. The Morgan fingerprint density at radius 1 is 0.889 bits per heavy atom. The first kappa shape index (κ1) is 20.3. The first-order valence-corrected chi connectivity index (χ1v) is 8.62. The van der Waals surface area contributed by atoms with Crippen molar-refractivity contribution in [1.29, 1.82) is 0 Å². The second-order valence-corrected chi connectivity index (χ2v) is 6.85. The van der Waals surface area contributed by atoms with Gasteiger partial charge in [0.15, 0.2) is 0 Å². The molecule has 0 aliphatic carbocycles. The van der Waals surface area contributed by atoms with E-state index in [9.17, 15) is 9.59 Å². The van der Waals surface area contributed by atoms with E-state index in [1.807, 2.05) is 32.0 Å². The van der Waals surface area contributed by atoms with Gasteiger partial charge < -0.3 is 20.1 Å². The predicted octanol–water partition coefficient (Wildman–Crippen LogP) is 3.92. The highest BCUT2D eigenvalue weighted by Gasteiger charge is 2.36.